The second kappa shape index (κ2) is 7.38. The standard InChI is InChI=1S/C21H33INO5/c1-19(2)10-14(11-20(3,4)23(19)26)27-17(24)15-8-13-7-12(15)9-16(13)28-18(25)21(5,6)22/h12-16H,7-11H2,1-6H3. The number of carbonyl (C=O) groups is 2. The van der Waals surface area contributed by atoms with Gasteiger partial charge >= 0.3 is 11.9 Å². The van der Waals surface area contributed by atoms with Crippen LogP contribution in [0.25, 0.3) is 0 Å². The summed E-state index contributed by atoms with van der Waals surface area (Å²) < 4.78 is 11.1. The molecule has 0 N–H and O–H groups in total. The summed E-state index contributed by atoms with van der Waals surface area (Å²) in [4.78, 5) is 25.0. The molecule has 0 aromatic carbocycles. The Morgan fingerprint density at radius 2 is 1.54 bits per heavy atom. The number of hydrogen-bond acceptors (Lipinski definition) is 5. The normalized spacial score (nSPS) is 35.0. The summed E-state index contributed by atoms with van der Waals surface area (Å²) in [6, 6.07) is 0. The number of alkyl halides is 1. The number of hydroxylamine groups is 2. The highest BCUT2D eigenvalue weighted by Crippen LogP contribution is 2.51. The molecule has 1 aliphatic heterocycles. The summed E-state index contributed by atoms with van der Waals surface area (Å²) in [5.41, 5.74) is -1.10. The maximum atomic E-state index is 12.9. The second-order valence-corrected chi connectivity index (χ2v) is 13.3. The average Bonchev–Trinajstić information content (AvgIpc) is 3.11. The molecule has 0 amide bonds. The molecule has 0 aromatic rings. The van der Waals surface area contributed by atoms with E-state index in [0.29, 0.717) is 12.8 Å². The summed E-state index contributed by atoms with van der Waals surface area (Å²) in [7, 11) is 0. The highest BCUT2D eigenvalue weighted by atomic mass is 127. The van der Waals surface area contributed by atoms with Crippen molar-refractivity contribution in [3.8, 4) is 0 Å². The van der Waals surface area contributed by atoms with E-state index < -0.39 is 14.5 Å². The fourth-order valence-corrected chi connectivity index (χ4v) is 5.57. The van der Waals surface area contributed by atoms with Gasteiger partial charge in [-0.15, -0.1) is 10.3 Å². The minimum atomic E-state index is -0.549. The second-order valence-electron chi connectivity index (χ2n) is 10.6. The average molecular weight is 506 g/mol. The lowest BCUT2D eigenvalue weighted by molar-refractivity contribution is -0.299. The number of nitrogens with zero attached hydrogens (tertiary/aromatic N) is 1. The zero-order valence-electron chi connectivity index (χ0n) is 17.8. The first-order chi connectivity index (χ1) is 12.7. The number of fused-ring (bicyclic) bond motifs is 2. The molecule has 2 saturated carbocycles. The summed E-state index contributed by atoms with van der Waals surface area (Å²) in [6.07, 6.45) is 3.21. The minimum absolute atomic E-state index is 0.0721. The largest absolute Gasteiger partial charge is 0.462 e. The van der Waals surface area contributed by atoms with Crippen LogP contribution in [0.15, 0.2) is 0 Å². The van der Waals surface area contributed by atoms with Crippen LogP contribution < -0.4 is 0 Å². The molecule has 3 fully saturated rings. The van der Waals surface area contributed by atoms with Crippen molar-refractivity contribution in [2.45, 2.75) is 100 Å². The number of piperidine rings is 1. The predicted octanol–water partition coefficient (Wildman–Crippen LogP) is 4.07. The molecular weight excluding hydrogens is 473 g/mol. The molecule has 1 heterocycles. The van der Waals surface area contributed by atoms with Crippen LogP contribution in [-0.4, -0.2) is 43.7 Å². The Kier molecular flexibility index (Phi) is 5.87. The van der Waals surface area contributed by atoms with Crippen molar-refractivity contribution in [3.63, 3.8) is 0 Å². The van der Waals surface area contributed by atoms with Gasteiger partial charge in [-0.2, -0.15) is 0 Å². The van der Waals surface area contributed by atoms with E-state index in [9.17, 15) is 14.8 Å². The van der Waals surface area contributed by atoms with Crippen molar-refractivity contribution in [2.75, 3.05) is 0 Å². The highest BCUT2D eigenvalue weighted by Gasteiger charge is 2.53. The Morgan fingerprint density at radius 1 is 0.964 bits per heavy atom. The third-order valence-corrected chi connectivity index (χ3v) is 7.12. The molecule has 159 valence electrons. The van der Waals surface area contributed by atoms with E-state index in [1.54, 1.807) is 0 Å². The van der Waals surface area contributed by atoms with Gasteiger partial charge in [0.05, 0.1) is 5.92 Å². The van der Waals surface area contributed by atoms with Gasteiger partial charge < -0.3 is 9.47 Å². The van der Waals surface area contributed by atoms with Gasteiger partial charge in [0.1, 0.15) is 15.6 Å². The Labute approximate surface area is 181 Å². The third kappa shape index (κ3) is 4.36. The van der Waals surface area contributed by atoms with Crippen molar-refractivity contribution >= 4 is 34.5 Å². The molecule has 1 radical (unpaired) electrons. The van der Waals surface area contributed by atoms with E-state index in [1.165, 1.54) is 0 Å². The molecule has 4 atom stereocenters. The summed E-state index contributed by atoms with van der Waals surface area (Å²) in [5, 5.41) is 13.6. The molecule has 3 aliphatic rings. The lowest BCUT2D eigenvalue weighted by Gasteiger charge is -2.49. The number of rotatable bonds is 4. The van der Waals surface area contributed by atoms with Gasteiger partial charge in [0.2, 0.25) is 0 Å². The maximum Gasteiger partial charge on any atom is 0.321 e. The van der Waals surface area contributed by atoms with Crippen LogP contribution in [0.1, 0.15) is 73.6 Å². The van der Waals surface area contributed by atoms with Crippen LogP contribution in [0.2, 0.25) is 0 Å². The Morgan fingerprint density at radius 3 is 2.00 bits per heavy atom. The molecule has 1 saturated heterocycles. The van der Waals surface area contributed by atoms with Crippen LogP contribution in [0.5, 0.6) is 0 Å². The fraction of sp³-hybridized carbons (Fsp3) is 0.905. The van der Waals surface area contributed by atoms with Gasteiger partial charge in [0, 0.05) is 23.9 Å². The summed E-state index contributed by atoms with van der Waals surface area (Å²) in [5.74, 6) is 0.0555. The monoisotopic (exact) mass is 506 g/mol. The van der Waals surface area contributed by atoms with Gasteiger partial charge in [0.25, 0.3) is 0 Å². The van der Waals surface area contributed by atoms with Gasteiger partial charge in [-0.25, -0.2) is 0 Å². The first kappa shape index (κ1) is 22.3. The summed E-state index contributed by atoms with van der Waals surface area (Å²) >= 11 is 2.10. The number of carbonyl (C=O) groups excluding carboxylic acids is 2. The maximum absolute atomic E-state index is 12.9. The molecule has 28 heavy (non-hydrogen) atoms. The zero-order valence-corrected chi connectivity index (χ0v) is 19.9. The van der Waals surface area contributed by atoms with E-state index in [1.807, 2.05) is 41.5 Å². The molecule has 3 rings (SSSR count). The topological polar surface area (TPSA) is 75.7 Å². The molecule has 0 aromatic heterocycles. The highest BCUT2D eigenvalue weighted by molar-refractivity contribution is 14.1. The molecule has 7 heteroatoms. The van der Waals surface area contributed by atoms with Crippen molar-refractivity contribution in [2.24, 2.45) is 17.8 Å². The van der Waals surface area contributed by atoms with Crippen molar-refractivity contribution in [1.82, 2.24) is 5.06 Å². The van der Waals surface area contributed by atoms with Gasteiger partial charge in [-0.05, 0) is 72.6 Å². The van der Waals surface area contributed by atoms with E-state index in [2.05, 4.69) is 22.6 Å². The first-order valence-corrected chi connectivity index (χ1v) is 11.4. The first-order valence-electron chi connectivity index (χ1n) is 10.3. The quantitative estimate of drug-likeness (QED) is 0.327. The van der Waals surface area contributed by atoms with Crippen molar-refractivity contribution in [1.29, 1.82) is 0 Å². The Balaban J connectivity index is 1.56. The van der Waals surface area contributed by atoms with E-state index in [-0.39, 0.29) is 41.9 Å². The number of halogens is 1. The molecule has 6 nitrogen and oxygen atoms in total. The fourth-order valence-electron chi connectivity index (χ4n) is 5.44. The van der Waals surface area contributed by atoms with Crippen molar-refractivity contribution in [3.05, 3.63) is 0 Å². The summed E-state index contributed by atoms with van der Waals surface area (Å²) in [6.45, 7) is 11.3. The predicted molar refractivity (Wildman–Crippen MR) is 112 cm³/mol. The zero-order chi connectivity index (χ0) is 21.1. The van der Waals surface area contributed by atoms with E-state index >= 15 is 0 Å². The van der Waals surface area contributed by atoms with Gasteiger partial charge in [0.15, 0.2) is 0 Å². The van der Waals surface area contributed by atoms with Crippen LogP contribution in [0, 0.1) is 17.8 Å². The molecule has 2 bridgehead atoms. The van der Waals surface area contributed by atoms with Crippen LogP contribution in [0.4, 0.5) is 0 Å². The third-order valence-electron chi connectivity index (χ3n) is 6.68. The molecule has 0 spiro atoms. The SMILES string of the molecule is CC(C)(I)C(=O)OC1CC2CC1CC2C(=O)OC1CC(C)(C)N([O])C(C)(C)C1. The number of hydrogen-bond donors (Lipinski definition) is 0. The number of ether oxygens (including phenoxy) is 2. The molecular formula is C21H33INO5. The van der Waals surface area contributed by atoms with E-state index in [4.69, 9.17) is 9.47 Å². The minimum Gasteiger partial charge on any atom is -0.462 e. The lowest BCUT2D eigenvalue weighted by atomic mass is 9.80. The van der Waals surface area contributed by atoms with Crippen molar-refractivity contribution < 1.29 is 24.3 Å². The van der Waals surface area contributed by atoms with Crippen LogP contribution in [-0.2, 0) is 24.3 Å². The van der Waals surface area contributed by atoms with Crippen LogP contribution in [0.3, 0.4) is 0 Å². The smallest absolute Gasteiger partial charge is 0.321 e. The van der Waals surface area contributed by atoms with E-state index in [0.717, 1.165) is 24.3 Å². The molecule has 2 aliphatic carbocycles. The van der Waals surface area contributed by atoms with Gasteiger partial charge in [-0.3, -0.25) is 9.59 Å². The molecule has 4 unspecified atom stereocenters. The Hall–Kier alpha value is -0.410. The van der Waals surface area contributed by atoms with Crippen LogP contribution >= 0.6 is 22.6 Å². The Bertz CT molecular complexity index is 623. The lowest BCUT2D eigenvalue weighted by Crippen LogP contribution is -2.60. The van der Waals surface area contributed by atoms with Gasteiger partial charge in [-0.1, -0.05) is 22.6 Å². The number of esters is 2.